The molecule has 0 aliphatic rings. The number of aromatic nitrogens is 4. The van der Waals surface area contributed by atoms with E-state index in [1.165, 1.54) is 17.9 Å². The van der Waals surface area contributed by atoms with Crippen molar-refractivity contribution in [1.29, 1.82) is 0 Å². The van der Waals surface area contributed by atoms with Gasteiger partial charge in [-0.05, 0) is 46.8 Å². The fourth-order valence-electron chi connectivity index (χ4n) is 2.41. The SMILES string of the molecule is COc1ccc(-n2nnnc2CNS(=O)(=O)c2ccccc2C(F)(F)F)cc1. The highest BCUT2D eigenvalue weighted by Gasteiger charge is 2.36. The molecule has 0 aliphatic heterocycles. The zero-order chi connectivity index (χ0) is 20.4. The van der Waals surface area contributed by atoms with Gasteiger partial charge in [0.25, 0.3) is 0 Å². The summed E-state index contributed by atoms with van der Waals surface area (Å²) in [5.74, 6) is 0.695. The van der Waals surface area contributed by atoms with Crippen LogP contribution in [0.3, 0.4) is 0 Å². The molecule has 0 saturated carbocycles. The summed E-state index contributed by atoms with van der Waals surface area (Å²) >= 11 is 0. The summed E-state index contributed by atoms with van der Waals surface area (Å²) in [5.41, 5.74) is -0.729. The molecule has 148 valence electrons. The molecule has 0 fully saturated rings. The highest BCUT2D eigenvalue weighted by molar-refractivity contribution is 7.89. The number of nitrogens with one attached hydrogen (secondary N) is 1. The second-order valence-electron chi connectivity index (χ2n) is 5.52. The van der Waals surface area contributed by atoms with Crippen molar-refractivity contribution in [2.75, 3.05) is 7.11 Å². The third-order valence-electron chi connectivity index (χ3n) is 3.75. The predicted molar refractivity (Wildman–Crippen MR) is 91.2 cm³/mol. The first-order chi connectivity index (χ1) is 13.2. The van der Waals surface area contributed by atoms with Crippen molar-refractivity contribution < 1.29 is 26.3 Å². The lowest BCUT2D eigenvalue weighted by Gasteiger charge is -2.13. The van der Waals surface area contributed by atoms with Crippen molar-refractivity contribution in [2.24, 2.45) is 0 Å². The summed E-state index contributed by atoms with van der Waals surface area (Å²) in [5, 5.41) is 11.0. The average molecular weight is 413 g/mol. The molecule has 0 aliphatic carbocycles. The van der Waals surface area contributed by atoms with Gasteiger partial charge in [0.05, 0.1) is 29.8 Å². The van der Waals surface area contributed by atoms with Crippen molar-refractivity contribution in [2.45, 2.75) is 17.6 Å². The lowest BCUT2D eigenvalue weighted by atomic mass is 10.2. The van der Waals surface area contributed by atoms with E-state index >= 15 is 0 Å². The van der Waals surface area contributed by atoms with Crippen LogP contribution in [0.15, 0.2) is 53.4 Å². The Balaban J connectivity index is 1.85. The van der Waals surface area contributed by atoms with Gasteiger partial charge in [0.2, 0.25) is 10.0 Å². The number of sulfonamides is 1. The van der Waals surface area contributed by atoms with Crippen LogP contribution >= 0.6 is 0 Å². The summed E-state index contributed by atoms with van der Waals surface area (Å²) in [4.78, 5) is -0.869. The number of halogens is 3. The highest BCUT2D eigenvalue weighted by Crippen LogP contribution is 2.33. The molecule has 3 aromatic rings. The summed E-state index contributed by atoms with van der Waals surface area (Å²) < 4.78 is 72.6. The lowest BCUT2D eigenvalue weighted by Crippen LogP contribution is -2.27. The van der Waals surface area contributed by atoms with Crippen molar-refractivity contribution in [3.63, 3.8) is 0 Å². The summed E-state index contributed by atoms with van der Waals surface area (Å²) in [6, 6.07) is 10.5. The van der Waals surface area contributed by atoms with E-state index in [0.717, 1.165) is 12.1 Å². The largest absolute Gasteiger partial charge is 0.497 e. The number of rotatable bonds is 6. The van der Waals surface area contributed by atoms with Crippen LogP contribution in [0, 0.1) is 0 Å². The third-order valence-corrected chi connectivity index (χ3v) is 5.21. The molecule has 0 spiro atoms. The molecule has 1 N–H and O–H groups in total. The zero-order valence-electron chi connectivity index (χ0n) is 14.4. The number of hydrogen-bond acceptors (Lipinski definition) is 6. The van der Waals surface area contributed by atoms with Gasteiger partial charge < -0.3 is 4.74 Å². The molecule has 0 atom stereocenters. The molecule has 12 heteroatoms. The fourth-order valence-corrected chi connectivity index (χ4v) is 3.62. The molecule has 0 bridgehead atoms. The summed E-state index contributed by atoms with van der Waals surface area (Å²) in [7, 11) is -2.95. The van der Waals surface area contributed by atoms with Crippen LogP contribution < -0.4 is 9.46 Å². The Hall–Kier alpha value is -2.99. The molecule has 0 saturated heterocycles. The Kier molecular flexibility index (Phi) is 5.34. The number of methoxy groups -OCH3 is 1. The van der Waals surface area contributed by atoms with Gasteiger partial charge in [-0.25, -0.2) is 13.1 Å². The topological polar surface area (TPSA) is 99.0 Å². The van der Waals surface area contributed by atoms with Crippen molar-refractivity contribution in [3.8, 4) is 11.4 Å². The minimum absolute atomic E-state index is 0.0956. The Bertz CT molecular complexity index is 1070. The maximum Gasteiger partial charge on any atom is 0.417 e. The molecule has 2 aromatic carbocycles. The minimum atomic E-state index is -4.81. The Morgan fingerprint density at radius 2 is 1.79 bits per heavy atom. The summed E-state index contributed by atoms with van der Waals surface area (Å²) in [6.45, 7) is -0.409. The van der Waals surface area contributed by atoms with E-state index in [1.807, 2.05) is 0 Å². The van der Waals surface area contributed by atoms with E-state index in [4.69, 9.17) is 4.74 Å². The smallest absolute Gasteiger partial charge is 0.417 e. The van der Waals surface area contributed by atoms with Crippen molar-refractivity contribution >= 4 is 10.0 Å². The molecular formula is C16H14F3N5O3S. The third kappa shape index (κ3) is 4.12. The van der Waals surface area contributed by atoms with Gasteiger partial charge in [-0.15, -0.1) is 5.10 Å². The first-order valence-electron chi connectivity index (χ1n) is 7.80. The zero-order valence-corrected chi connectivity index (χ0v) is 15.2. The Morgan fingerprint density at radius 1 is 1.11 bits per heavy atom. The van der Waals surface area contributed by atoms with Gasteiger partial charge in [-0.3, -0.25) is 0 Å². The second kappa shape index (κ2) is 7.56. The van der Waals surface area contributed by atoms with Crippen molar-refractivity contribution in [3.05, 3.63) is 59.9 Å². The molecule has 3 rings (SSSR count). The van der Waals surface area contributed by atoms with Crippen LogP contribution in [0.2, 0.25) is 0 Å². The normalized spacial score (nSPS) is 12.1. The Morgan fingerprint density at radius 3 is 2.43 bits per heavy atom. The van der Waals surface area contributed by atoms with Gasteiger partial charge in [-0.1, -0.05) is 12.1 Å². The summed E-state index contributed by atoms with van der Waals surface area (Å²) in [6.07, 6.45) is -4.81. The van der Waals surface area contributed by atoms with Crippen LogP contribution in [-0.4, -0.2) is 35.7 Å². The highest BCUT2D eigenvalue weighted by atomic mass is 32.2. The van der Waals surface area contributed by atoms with Gasteiger partial charge in [-0.2, -0.15) is 17.9 Å². The molecule has 0 radical (unpaired) electrons. The maximum atomic E-state index is 13.1. The van der Waals surface area contributed by atoms with Crippen molar-refractivity contribution in [1.82, 2.24) is 24.9 Å². The van der Waals surface area contributed by atoms with Crippen LogP contribution in [0.25, 0.3) is 5.69 Å². The van der Waals surface area contributed by atoms with Crippen LogP contribution in [0.1, 0.15) is 11.4 Å². The van der Waals surface area contributed by atoms with Gasteiger partial charge >= 0.3 is 6.18 Å². The number of tetrazole rings is 1. The van der Waals surface area contributed by atoms with E-state index in [0.29, 0.717) is 17.5 Å². The minimum Gasteiger partial charge on any atom is -0.497 e. The number of benzene rings is 2. The number of alkyl halides is 3. The maximum absolute atomic E-state index is 13.1. The molecular weight excluding hydrogens is 399 g/mol. The van der Waals surface area contributed by atoms with Crippen LogP contribution in [0.5, 0.6) is 5.75 Å². The quantitative estimate of drug-likeness (QED) is 0.665. The van der Waals surface area contributed by atoms with E-state index in [9.17, 15) is 21.6 Å². The van der Waals surface area contributed by atoms with E-state index in [-0.39, 0.29) is 5.82 Å². The van der Waals surface area contributed by atoms with Gasteiger partial charge in [0, 0.05) is 0 Å². The van der Waals surface area contributed by atoms with E-state index in [1.54, 1.807) is 24.3 Å². The van der Waals surface area contributed by atoms with E-state index in [2.05, 4.69) is 20.2 Å². The van der Waals surface area contributed by atoms with Crippen LogP contribution in [-0.2, 0) is 22.7 Å². The average Bonchev–Trinajstić information content (AvgIpc) is 3.14. The standard InChI is InChI=1S/C16H14F3N5O3S/c1-27-12-8-6-11(7-9-12)24-15(21-22-23-24)10-20-28(25,26)14-5-3-2-4-13(14)16(17,18)19/h2-9,20H,10H2,1H3. The molecule has 0 unspecified atom stereocenters. The molecule has 1 heterocycles. The predicted octanol–water partition coefficient (Wildman–Crippen LogP) is 2.17. The van der Waals surface area contributed by atoms with Gasteiger partial charge in [0.1, 0.15) is 5.75 Å². The first-order valence-corrected chi connectivity index (χ1v) is 9.28. The lowest BCUT2D eigenvalue weighted by molar-refractivity contribution is -0.139. The van der Waals surface area contributed by atoms with Crippen LogP contribution in [0.4, 0.5) is 13.2 Å². The number of nitrogens with zero attached hydrogens (tertiary/aromatic N) is 4. The first kappa shape index (κ1) is 19.8. The second-order valence-corrected chi connectivity index (χ2v) is 7.26. The molecule has 0 amide bonds. The number of hydrogen-bond donors (Lipinski definition) is 1. The number of ether oxygens (including phenoxy) is 1. The fraction of sp³-hybridized carbons (Fsp3) is 0.188. The Labute approximate surface area is 158 Å². The molecule has 1 aromatic heterocycles. The van der Waals surface area contributed by atoms with Gasteiger partial charge in [0.15, 0.2) is 5.82 Å². The molecule has 28 heavy (non-hydrogen) atoms. The van der Waals surface area contributed by atoms with E-state index < -0.39 is 33.2 Å². The monoisotopic (exact) mass is 413 g/mol. The molecule has 8 nitrogen and oxygen atoms in total.